The molecule has 2 unspecified atom stereocenters. The number of aromatic carboxylic acids is 1. The Bertz CT molecular complexity index is 465. The lowest BCUT2D eigenvalue weighted by atomic mass is 9.92. The molecule has 5 heteroatoms. The van der Waals surface area contributed by atoms with Crippen LogP contribution >= 0.6 is 0 Å². The zero-order valence-corrected chi connectivity index (χ0v) is 10.5. The number of carboxylic acids is 1. The van der Waals surface area contributed by atoms with E-state index < -0.39 is 5.97 Å². The molecule has 1 aromatic heterocycles. The van der Waals surface area contributed by atoms with E-state index in [1.165, 1.54) is 6.07 Å². The molecule has 1 amide bonds. The van der Waals surface area contributed by atoms with Crippen LogP contribution in [-0.2, 0) is 0 Å². The highest BCUT2D eigenvalue weighted by Crippen LogP contribution is 2.25. The molecule has 2 atom stereocenters. The van der Waals surface area contributed by atoms with E-state index in [9.17, 15) is 9.59 Å². The number of rotatable bonds is 2. The van der Waals surface area contributed by atoms with Crippen LogP contribution < -0.4 is 0 Å². The van der Waals surface area contributed by atoms with E-state index in [-0.39, 0.29) is 23.3 Å². The van der Waals surface area contributed by atoms with Gasteiger partial charge in [-0.15, -0.1) is 0 Å². The van der Waals surface area contributed by atoms with Gasteiger partial charge in [0.15, 0.2) is 5.76 Å². The summed E-state index contributed by atoms with van der Waals surface area (Å²) >= 11 is 0. The summed E-state index contributed by atoms with van der Waals surface area (Å²) in [7, 11) is 0. The second kappa shape index (κ2) is 4.84. The molecule has 0 aliphatic carbocycles. The standard InChI is InChI=1S/C13H17NO4/c1-8-4-3-5-14(9(8)2)12(15)11-6-10(7-18-11)13(16)17/h6-9H,3-5H2,1-2H3,(H,16,17). The lowest BCUT2D eigenvalue weighted by Crippen LogP contribution is -2.45. The Hall–Kier alpha value is -1.78. The highest BCUT2D eigenvalue weighted by Gasteiger charge is 2.30. The highest BCUT2D eigenvalue weighted by atomic mass is 16.4. The molecule has 0 radical (unpaired) electrons. The Labute approximate surface area is 105 Å². The number of hydrogen-bond donors (Lipinski definition) is 1. The van der Waals surface area contributed by atoms with Crippen molar-refractivity contribution < 1.29 is 19.1 Å². The van der Waals surface area contributed by atoms with Crippen LogP contribution in [0.5, 0.6) is 0 Å². The molecular weight excluding hydrogens is 234 g/mol. The number of hydrogen-bond acceptors (Lipinski definition) is 3. The molecule has 0 saturated carbocycles. The summed E-state index contributed by atoms with van der Waals surface area (Å²) in [6.45, 7) is 4.84. The quantitative estimate of drug-likeness (QED) is 0.875. The van der Waals surface area contributed by atoms with E-state index >= 15 is 0 Å². The van der Waals surface area contributed by atoms with Gasteiger partial charge in [-0.3, -0.25) is 4.79 Å². The molecule has 1 aliphatic rings. The van der Waals surface area contributed by atoms with Crippen molar-refractivity contribution in [1.82, 2.24) is 4.90 Å². The first-order valence-electron chi connectivity index (χ1n) is 6.13. The molecule has 2 rings (SSSR count). The van der Waals surface area contributed by atoms with E-state index in [0.29, 0.717) is 12.5 Å². The monoisotopic (exact) mass is 251 g/mol. The minimum absolute atomic E-state index is 0.0102. The first kappa shape index (κ1) is 12.7. The summed E-state index contributed by atoms with van der Waals surface area (Å²) in [5, 5.41) is 8.80. The van der Waals surface area contributed by atoms with E-state index in [1.807, 2.05) is 6.92 Å². The molecule has 18 heavy (non-hydrogen) atoms. The van der Waals surface area contributed by atoms with Crippen LogP contribution in [0, 0.1) is 5.92 Å². The lowest BCUT2D eigenvalue weighted by molar-refractivity contribution is 0.0519. The van der Waals surface area contributed by atoms with Crippen LogP contribution in [0.15, 0.2) is 16.7 Å². The van der Waals surface area contributed by atoms with Crippen LogP contribution in [0.1, 0.15) is 47.6 Å². The van der Waals surface area contributed by atoms with Gasteiger partial charge in [-0.1, -0.05) is 6.92 Å². The molecule has 5 nitrogen and oxygen atoms in total. The predicted octanol–water partition coefficient (Wildman–Crippen LogP) is 2.24. The van der Waals surface area contributed by atoms with Gasteiger partial charge in [0.25, 0.3) is 5.91 Å². The molecule has 1 saturated heterocycles. The van der Waals surface area contributed by atoms with Gasteiger partial charge in [0.1, 0.15) is 6.26 Å². The minimum Gasteiger partial charge on any atom is -0.478 e. The normalized spacial score (nSPS) is 24.0. The van der Waals surface area contributed by atoms with Crippen molar-refractivity contribution in [2.24, 2.45) is 5.92 Å². The number of carbonyl (C=O) groups excluding carboxylic acids is 1. The smallest absolute Gasteiger partial charge is 0.338 e. The molecular formula is C13H17NO4. The number of piperidine rings is 1. The molecule has 1 N–H and O–H groups in total. The summed E-state index contributed by atoms with van der Waals surface area (Å²) in [6.07, 6.45) is 3.20. The SMILES string of the molecule is CC1CCCN(C(=O)c2cc(C(=O)O)co2)C1C. The average Bonchev–Trinajstić information content (AvgIpc) is 2.81. The summed E-state index contributed by atoms with van der Waals surface area (Å²) in [5.74, 6) is -0.746. The van der Waals surface area contributed by atoms with Gasteiger partial charge in [-0.25, -0.2) is 4.79 Å². The van der Waals surface area contributed by atoms with Crippen molar-refractivity contribution in [1.29, 1.82) is 0 Å². The van der Waals surface area contributed by atoms with Crippen molar-refractivity contribution >= 4 is 11.9 Å². The summed E-state index contributed by atoms with van der Waals surface area (Å²) in [5.41, 5.74) is 0.0102. The van der Waals surface area contributed by atoms with E-state index in [2.05, 4.69) is 6.92 Å². The Morgan fingerprint density at radius 2 is 2.17 bits per heavy atom. The molecule has 98 valence electrons. The van der Waals surface area contributed by atoms with Crippen LogP contribution in [0.4, 0.5) is 0 Å². The second-order valence-corrected chi connectivity index (χ2v) is 4.86. The van der Waals surface area contributed by atoms with Crippen LogP contribution in [0.2, 0.25) is 0 Å². The molecule has 2 heterocycles. The molecule has 1 fully saturated rings. The number of furan rings is 1. The average molecular weight is 251 g/mol. The zero-order chi connectivity index (χ0) is 13.3. The fourth-order valence-corrected chi connectivity index (χ4v) is 2.32. The van der Waals surface area contributed by atoms with E-state index in [4.69, 9.17) is 9.52 Å². The Kier molecular flexibility index (Phi) is 3.41. The first-order valence-corrected chi connectivity index (χ1v) is 6.13. The highest BCUT2D eigenvalue weighted by molar-refractivity contribution is 5.95. The zero-order valence-electron chi connectivity index (χ0n) is 10.5. The van der Waals surface area contributed by atoms with Crippen LogP contribution in [0.3, 0.4) is 0 Å². The first-order chi connectivity index (χ1) is 8.50. The van der Waals surface area contributed by atoms with Crippen molar-refractivity contribution in [2.45, 2.75) is 32.7 Å². The Morgan fingerprint density at radius 1 is 1.44 bits per heavy atom. The van der Waals surface area contributed by atoms with Gasteiger partial charge in [0.05, 0.1) is 5.56 Å². The maximum absolute atomic E-state index is 12.2. The maximum atomic E-state index is 12.2. The maximum Gasteiger partial charge on any atom is 0.338 e. The minimum atomic E-state index is -1.09. The third kappa shape index (κ3) is 2.25. The second-order valence-electron chi connectivity index (χ2n) is 4.86. The van der Waals surface area contributed by atoms with Crippen molar-refractivity contribution in [3.63, 3.8) is 0 Å². The third-order valence-corrected chi connectivity index (χ3v) is 3.69. The molecule has 1 aromatic rings. The van der Waals surface area contributed by atoms with Crippen LogP contribution in [0.25, 0.3) is 0 Å². The van der Waals surface area contributed by atoms with Crippen molar-refractivity contribution in [3.05, 3.63) is 23.7 Å². The largest absolute Gasteiger partial charge is 0.478 e. The Morgan fingerprint density at radius 3 is 2.78 bits per heavy atom. The topological polar surface area (TPSA) is 70.8 Å². The van der Waals surface area contributed by atoms with Crippen molar-refractivity contribution in [3.8, 4) is 0 Å². The van der Waals surface area contributed by atoms with Gasteiger partial charge in [-0.05, 0) is 25.7 Å². The summed E-state index contributed by atoms with van der Waals surface area (Å²) < 4.78 is 5.05. The number of likely N-dealkylation sites (tertiary alicyclic amines) is 1. The van der Waals surface area contributed by atoms with Crippen LogP contribution in [-0.4, -0.2) is 34.5 Å². The molecule has 0 bridgehead atoms. The molecule has 0 aromatic carbocycles. The van der Waals surface area contributed by atoms with Crippen molar-refractivity contribution in [2.75, 3.05) is 6.54 Å². The third-order valence-electron chi connectivity index (χ3n) is 3.69. The number of carboxylic acid groups (broad SMARTS) is 1. The number of amides is 1. The summed E-state index contributed by atoms with van der Waals surface area (Å²) in [4.78, 5) is 24.7. The van der Waals surface area contributed by atoms with Gasteiger partial charge < -0.3 is 14.4 Å². The predicted molar refractivity (Wildman–Crippen MR) is 64.6 cm³/mol. The number of nitrogens with zero attached hydrogens (tertiary/aromatic N) is 1. The molecule has 1 aliphatic heterocycles. The van der Waals surface area contributed by atoms with Gasteiger partial charge in [0.2, 0.25) is 0 Å². The van der Waals surface area contributed by atoms with E-state index in [0.717, 1.165) is 19.1 Å². The Balaban J connectivity index is 2.17. The van der Waals surface area contributed by atoms with E-state index in [1.54, 1.807) is 4.90 Å². The summed E-state index contributed by atoms with van der Waals surface area (Å²) in [6, 6.07) is 1.45. The van der Waals surface area contributed by atoms with Gasteiger partial charge in [-0.2, -0.15) is 0 Å². The fraction of sp³-hybridized carbons (Fsp3) is 0.538. The molecule has 0 spiro atoms. The number of carbonyl (C=O) groups is 2. The lowest BCUT2D eigenvalue weighted by Gasteiger charge is -2.37. The van der Waals surface area contributed by atoms with Gasteiger partial charge in [0, 0.05) is 18.7 Å². The van der Waals surface area contributed by atoms with Gasteiger partial charge >= 0.3 is 5.97 Å². The fourth-order valence-electron chi connectivity index (χ4n) is 2.32.